The second-order valence-corrected chi connectivity index (χ2v) is 5.43. The fourth-order valence-corrected chi connectivity index (χ4v) is 1.68. The first-order valence-corrected chi connectivity index (χ1v) is 6.93. The summed E-state index contributed by atoms with van der Waals surface area (Å²) in [7, 11) is 0. The largest absolute Gasteiger partial charge is 0.349 e. The van der Waals surface area contributed by atoms with Crippen LogP contribution in [0.4, 0.5) is 0 Å². The van der Waals surface area contributed by atoms with Gasteiger partial charge in [-0.1, -0.05) is 12.1 Å². The number of nitrogens with zero attached hydrogens (tertiary/aromatic N) is 3. The zero-order valence-electron chi connectivity index (χ0n) is 10.0. The van der Waals surface area contributed by atoms with Crippen LogP contribution in [0, 0.1) is 0 Å². The lowest BCUT2D eigenvalue weighted by molar-refractivity contribution is 0.0949. The summed E-state index contributed by atoms with van der Waals surface area (Å²) < 4.78 is 1.75. The van der Waals surface area contributed by atoms with E-state index in [0.29, 0.717) is 23.5 Å². The van der Waals surface area contributed by atoms with Crippen LogP contribution in [-0.4, -0.2) is 52.0 Å². The molecule has 0 bridgehead atoms. The Morgan fingerprint density at radius 2 is 2.53 bits per heavy atom. The van der Waals surface area contributed by atoms with Gasteiger partial charge in [-0.05, 0) is 6.26 Å². The van der Waals surface area contributed by atoms with E-state index in [9.17, 15) is 4.79 Å². The van der Waals surface area contributed by atoms with Gasteiger partial charge in [-0.25, -0.2) is 4.68 Å². The molecule has 1 aromatic heterocycles. The van der Waals surface area contributed by atoms with Gasteiger partial charge in [0.05, 0.1) is 12.2 Å². The fourth-order valence-electron chi connectivity index (χ4n) is 1.43. The van der Waals surface area contributed by atoms with Crippen LogP contribution < -0.4 is 10.6 Å². The van der Waals surface area contributed by atoms with Crippen LogP contribution in [0.2, 0.25) is 0 Å². The van der Waals surface area contributed by atoms with Crippen LogP contribution in [0.5, 0.6) is 0 Å². The van der Waals surface area contributed by atoms with E-state index in [-0.39, 0.29) is 5.91 Å². The van der Waals surface area contributed by atoms with Crippen LogP contribution in [0.25, 0.3) is 0 Å². The predicted octanol–water partition coefficient (Wildman–Crippen LogP) is -0.0963. The molecule has 94 valence electrons. The molecule has 1 aliphatic rings. The number of carbonyl (C=O) groups excluding carboxylic acids is 1. The minimum atomic E-state index is -0.149. The van der Waals surface area contributed by atoms with Crippen LogP contribution in [0.15, 0.2) is 6.20 Å². The highest BCUT2D eigenvalue weighted by Gasteiger charge is 2.21. The van der Waals surface area contributed by atoms with Crippen LogP contribution in [0.1, 0.15) is 23.5 Å². The first-order chi connectivity index (χ1) is 8.20. The summed E-state index contributed by atoms with van der Waals surface area (Å²) in [6.45, 7) is 4.52. The van der Waals surface area contributed by atoms with Gasteiger partial charge in [0.25, 0.3) is 5.91 Å². The second-order valence-electron chi connectivity index (χ2n) is 4.15. The lowest BCUT2D eigenvalue weighted by atomic mass is 10.2. The van der Waals surface area contributed by atoms with Gasteiger partial charge >= 0.3 is 0 Å². The lowest BCUT2D eigenvalue weighted by Gasteiger charge is -2.26. The van der Waals surface area contributed by atoms with E-state index in [2.05, 4.69) is 27.9 Å². The van der Waals surface area contributed by atoms with E-state index in [1.54, 1.807) is 22.6 Å². The molecule has 1 fully saturated rings. The fraction of sp³-hybridized carbons (Fsp3) is 0.700. The van der Waals surface area contributed by atoms with E-state index in [4.69, 9.17) is 0 Å². The average molecular weight is 255 g/mol. The van der Waals surface area contributed by atoms with Crippen molar-refractivity contribution in [2.75, 3.05) is 25.9 Å². The van der Waals surface area contributed by atoms with Crippen molar-refractivity contribution in [2.45, 2.75) is 18.2 Å². The van der Waals surface area contributed by atoms with Crippen molar-refractivity contribution in [3.63, 3.8) is 0 Å². The summed E-state index contributed by atoms with van der Waals surface area (Å²) in [5.41, 5.74) is 0.394. The van der Waals surface area contributed by atoms with Gasteiger partial charge in [-0.15, -0.1) is 5.10 Å². The summed E-state index contributed by atoms with van der Waals surface area (Å²) in [6.07, 6.45) is 3.74. The Morgan fingerprint density at radius 3 is 3.12 bits per heavy atom. The lowest BCUT2D eigenvalue weighted by Crippen LogP contribution is -2.43. The second kappa shape index (κ2) is 5.50. The summed E-state index contributed by atoms with van der Waals surface area (Å²) in [6, 6.07) is 0.342. The normalized spacial score (nSPS) is 17.5. The number of thioether (sulfide) groups is 1. The molecule has 2 rings (SSSR count). The Balaban J connectivity index is 1.88. The standard InChI is InChI=1S/C10H17N5OS/c1-7(17-2)3-12-10(16)9-6-15(14-13-9)8-4-11-5-8/h6-8,11H,3-5H2,1-2H3,(H,12,16). The Hall–Kier alpha value is -1.08. The third-order valence-electron chi connectivity index (χ3n) is 2.83. The Labute approximate surface area is 105 Å². The molecule has 17 heavy (non-hydrogen) atoms. The molecule has 1 unspecified atom stereocenters. The van der Waals surface area contributed by atoms with Crippen molar-refractivity contribution in [2.24, 2.45) is 0 Å². The summed E-state index contributed by atoms with van der Waals surface area (Å²) in [4.78, 5) is 11.8. The van der Waals surface area contributed by atoms with E-state index in [0.717, 1.165) is 13.1 Å². The number of rotatable bonds is 5. The van der Waals surface area contributed by atoms with Gasteiger partial charge in [-0.3, -0.25) is 4.79 Å². The van der Waals surface area contributed by atoms with Gasteiger partial charge < -0.3 is 10.6 Å². The van der Waals surface area contributed by atoms with Gasteiger partial charge in [0.1, 0.15) is 0 Å². The molecule has 1 atom stereocenters. The van der Waals surface area contributed by atoms with E-state index >= 15 is 0 Å². The minimum Gasteiger partial charge on any atom is -0.349 e. The molecule has 1 aliphatic heterocycles. The number of hydrogen-bond donors (Lipinski definition) is 2. The van der Waals surface area contributed by atoms with Crippen molar-refractivity contribution in [1.29, 1.82) is 0 Å². The van der Waals surface area contributed by atoms with Gasteiger partial charge in [0.15, 0.2) is 5.69 Å². The van der Waals surface area contributed by atoms with Crippen LogP contribution in [-0.2, 0) is 0 Å². The minimum absolute atomic E-state index is 0.149. The quantitative estimate of drug-likeness (QED) is 0.769. The van der Waals surface area contributed by atoms with Crippen LogP contribution >= 0.6 is 11.8 Å². The highest BCUT2D eigenvalue weighted by atomic mass is 32.2. The van der Waals surface area contributed by atoms with E-state index in [1.807, 2.05) is 6.26 Å². The number of nitrogens with one attached hydrogen (secondary N) is 2. The van der Waals surface area contributed by atoms with Gasteiger partial charge in [-0.2, -0.15) is 11.8 Å². The highest BCUT2D eigenvalue weighted by molar-refractivity contribution is 7.99. The Bertz CT molecular complexity index is 390. The molecule has 1 amide bonds. The van der Waals surface area contributed by atoms with Gasteiger partial charge in [0.2, 0.25) is 0 Å². The topological polar surface area (TPSA) is 71.8 Å². The first kappa shape index (κ1) is 12.4. The molecule has 1 saturated heterocycles. The zero-order valence-corrected chi connectivity index (χ0v) is 10.8. The maximum absolute atomic E-state index is 11.8. The predicted molar refractivity (Wildman–Crippen MR) is 67.2 cm³/mol. The number of aromatic nitrogens is 3. The van der Waals surface area contributed by atoms with E-state index < -0.39 is 0 Å². The molecular formula is C10H17N5OS. The van der Waals surface area contributed by atoms with Crippen molar-refractivity contribution in [1.82, 2.24) is 25.6 Å². The zero-order chi connectivity index (χ0) is 12.3. The third-order valence-corrected chi connectivity index (χ3v) is 3.80. The molecule has 2 N–H and O–H groups in total. The summed E-state index contributed by atoms with van der Waals surface area (Å²) in [5.74, 6) is -0.149. The Morgan fingerprint density at radius 1 is 1.76 bits per heavy atom. The molecule has 0 aromatic carbocycles. The third kappa shape index (κ3) is 2.98. The smallest absolute Gasteiger partial charge is 0.273 e. The SMILES string of the molecule is CSC(C)CNC(=O)c1cn(C2CNC2)nn1. The summed E-state index contributed by atoms with van der Waals surface area (Å²) >= 11 is 1.72. The van der Waals surface area contributed by atoms with Crippen molar-refractivity contribution < 1.29 is 4.79 Å². The molecule has 7 heteroatoms. The molecule has 2 heterocycles. The number of amides is 1. The highest BCUT2D eigenvalue weighted by Crippen LogP contribution is 2.10. The summed E-state index contributed by atoms with van der Waals surface area (Å²) in [5, 5.41) is 14.3. The molecule has 0 spiro atoms. The molecular weight excluding hydrogens is 238 g/mol. The monoisotopic (exact) mass is 255 g/mol. The van der Waals surface area contributed by atoms with Crippen molar-refractivity contribution in [3.8, 4) is 0 Å². The maximum Gasteiger partial charge on any atom is 0.273 e. The molecule has 1 aromatic rings. The molecule has 0 aliphatic carbocycles. The average Bonchev–Trinajstić information content (AvgIpc) is 2.72. The number of carbonyl (C=O) groups is 1. The van der Waals surface area contributed by atoms with Crippen molar-refractivity contribution >= 4 is 17.7 Å². The van der Waals surface area contributed by atoms with Crippen molar-refractivity contribution in [3.05, 3.63) is 11.9 Å². The molecule has 0 radical (unpaired) electrons. The van der Waals surface area contributed by atoms with Gasteiger partial charge in [0, 0.05) is 24.9 Å². The van der Waals surface area contributed by atoms with E-state index in [1.165, 1.54) is 0 Å². The maximum atomic E-state index is 11.8. The number of hydrogen-bond acceptors (Lipinski definition) is 5. The molecule has 0 saturated carbocycles. The Kier molecular flexibility index (Phi) is 4.01. The van der Waals surface area contributed by atoms with Crippen LogP contribution in [0.3, 0.4) is 0 Å². The molecule has 6 nitrogen and oxygen atoms in total. The first-order valence-electron chi connectivity index (χ1n) is 5.64.